The number of nitrogens with zero attached hydrogens (tertiary/aromatic N) is 1. The van der Waals surface area contributed by atoms with E-state index in [1.807, 2.05) is 17.8 Å². The van der Waals surface area contributed by atoms with Crippen LogP contribution in [0.5, 0.6) is 0 Å². The molecule has 1 aromatic carbocycles. The third-order valence-corrected chi connectivity index (χ3v) is 4.81. The Hall–Kier alpha value is -0.480. The first-order valence-electron chi connectivity index (χ1n) is 5.44. The van der Waals surface area contributed by atoms with Crippen molar-refractivity contribution in [2.24, 2.45) is 4.99 Å². The highest BCUT2D eigenvalue weighted by Gasteiger charge is 2.18. The van der Waals surface area contributed by atoms with Crippen LogP contribution in [0.25, 0.3) is 0 Å². The fourth-order valence-corrected chi connectivity index (χ4v) is 2.87. The Balaban J connectivity index is 2.08. The number of rotatable bonds is 2. The summed E-state index contributed by atoms with van der Waals surface area (Å²) in [5, 5.41) is 5.09. The zero-order valence-corrected chi connectivity index (χ0v) is 11.9. The van der Waals surface area contributed by atoms with Crippen LogP contribution in [0.1, 0.15) is 18.9 Å². The molecule has 2 nitrogen and oxygen atoms in total. The van der Waals surface area contributed by atoms with Crippen LogP contribution in [0, 0.1) is 6.92 Å². The first-order valence-corrected chi connectivity index (χ1v) is 7.11. The van der Waals surface area contributed by atoms with Crippen molar-refractivity contribution < 1.29 is 0 Å². The van der Waals surface area contributed by atoms with Gasteiger partial charge in [0, 0.05) is 15.4 Å². The van der Waals surface area contributed by atoms with Crippen molar-refractivity contribution in [2.75, 3.05) is 11.9 Å². The van der Waals surface area contributed by atoms with E-state index in [9.17, 15) is 0 Å². The molecule has 1 heterocycles. The average molecular weight is 299 g/mol. The highest BCUT2D eigenvalue weighted by atomic mass is 79.9. The Kier molecular flexibility index (Phi) is 3.92. The molecule has 0 aliphatic carbocycles. The van der Waals surface area contributed by atoms with Gasteiger partial charge in [0.05, 0.1) is 6.54 Å². The lowest BCUT2D eigenvalue weighted by Crippen LogP contribution is -2.08. The monoisotopic (exact) mass is 298 g/mol. The quantitative estimate of drug-likeness (QED) is 0.891. The molecule has 0 saturated carbocycles. The predicted molar refractivity (Wildman–Crippen MR) is 76.5 cm³/mol. The Morgan fingerprint density at radius 3 is 3.06 bits per heavy atom. The van der Waals surface area contributed by atoms with Crippen molar-refractivity contribution in [1.29, 1.82) is 0 Å². The summed E-state index contributed by atoms with van der Waals surface area (Å²) in [6.45, 7) is 5.25. The SMILES string of the molecule is CCC1CN=C(Nc2cccc(Br)c2C)S1. The minimum Gasteiger partial charge on any atom is -0.335 e. The highest BCUT2D eigenvalue weighted by molar-refractivity contribution is 9.10. The van der Waals surface area contributed by atoms with Crippen molar-refractivity contribution in [1.82, 2.24) is 0 Å². The van der Waals surface area contributed by atoms with Gasteiger partial charge in [0.1, 0.15) is 0 Å². The number of hydrogen-bond donors (Lipinski definition) is 1. The third kappa shape index (κ3) is 2.61. The fraction of sp³-hybridized carbons (Fsp3) is 0.417. The summed E-state index contributed by atoms with van der Waals surface area (Å²) in [6.07, 6.45) is 1.18. The third-order valence-electron chi connectivity index (χ3n) is 2.68. The van der Waals surface area contributed by atoms with Crippen LogP contribution in [-0.4, -0.2) is 17.0 Å². The van der Waals surface area contributed by atoms with Crippen molar-refractivity contribution in [3.8, 4) is 0 Å². The maximum Gasteiger partial charge on any atom is 0.161 e. The summed E-state index contributed by atoms with van der Waals surface area (Å²) in [5.74, 6) is 0. The molecule has 0 aromatic heterocycles. The minimum atomic E-state index is 0.648. The van der Waals surface area contributed by atoms with Gasteiger partial charge in [-0.1, -0.05) is 40.7 Å². The summed E-state index contributed by atoms with van der Waals surface area (Å²) in [7, 11) is 0. The lowest BCUT2D eigenvalue weighted by Gasteiger charge is -2.10. The number of halogens is 1. The molecule has 16 heavy (non-hydrogen) atoms. The molecule has 1 unspecified atom stereocenters. The maximum absolute atomic E-state index is 4.51. The Morgan fingerprint density at radius 1 is 1.56 bits per heavy atom. The average Bonchev–Trinajstić information content (AvgIpc) is 2.73. The van der Waals surface area contributed by atoms with Gasteiger partial charge in [0.25, 0.3) is 0 Å². The lowest BCUT2D eigenvalue weighted by atomic mass is 10.2. The standard InChI is InChI=1S/C12H15BrN2S/c1-3-9-7-14-12(16-9)15-11-6-4-5-10(13)8(11)2/h4-6,9H,3,7H2,1-2H3,(H,14,15). The van der Waals surface area contributed by atoms with E-state index in [0.29, 0.717) is 5.25 Å². The van der Waals surface area contributed by atoms with Gasteiger partial charge in [-0.2, -0.15) is 0 Å². The first kappa shape index (κ1) is 12.0. The molecule has 0 fully saturated rings. The summed E-state index contributed by atoms with van der Waals surface area (Å²) < 4.78 is 1.13. The Morgan fingerprint density at radius 2 is 2.38 bits per heavy atom. The summed E-state index contributed by atoms with van der Waals surface area (Å²) in [4.78, 5) is 4.51. The van der Waals surface area contributed by atoms with Gasteiger partial charge in [-0.05, 0) is 31.0 Å². The molecule has 1 atom stereocenters. The molecule has 0 saturated heterocycles. The van der Waals surface area contributed by atoms with E-state index in [2.05, 4.69) is 52.2 Å². The molecule has 1 N–H and O–H groups in total. The van der Waals surface area contributed by atoms with Gasteiger partial charge in [0.15, 0.2) is 5.17 Å². The molecule has 0 spiro atoms. The van der Waals surface area contributed by atoms with Gasteiger partial charge < -0.3 is 5.32 Å². The molecule has 2 rings (SSSR count). The second-order valence-electron chi connectivity index (χ2n) is 3.83. The largest absolute Gasteiger partial charge is 0.335 e. The van der Waals surface area contributed by atoms with Crippen LogP contribution in [0.15, 0.2) is 27.7 Å². The fourth-order valence-electron chi connectivity index (χ4n) is 1.56. The van der Waals surface area contributed by atoms with E-state index >= 15 is 0 Å². The number of anilines is 1. The number of benzene rings is 1. The number of amidine groups is 1. The van der Waals surface area contributed by atoms with Gasteiger partial charge in [0.2, 0.25) is 0 Å². The zero-order valence-electron chi connectivity index (χ0n) is 9.46. The van der Waals surface area contributed by atoms with Gasteiger partial charge in [-0.3, -0.25) is 4.99 Å². The smallest absolute Gasteiger partial charge is 0.161 e. The molecule has 0 radical (unpaired) electrons. The molecule has 4 heteroatoms. The minimum absolute atomic E-state index is 0.648. The maximum atomic E-state index is 4.51. The molecule has 1 aliphatic rings. The Labute approximate surface area is 109 Å². The van der Waals surface area contributed by atoms with Crippen LogP contribution in [0.2, 0.25) is 0 Å². The lowest BCUT2D eigenvalue weighted by molar-refractivity contribution is 0.843. The number of nitrogens with one attached hydrogen (secondary N) is 1. The van der Waals surface area contributed by atoms with Crippen LogP contribution in [-0.2, 0) is 0 Å². The number of aliphatic imine (C=N–C) groups is 1. The molecular weight excluding hydrogens is 284 g/mol. The molecule has 0 bridgehead atoms. The van der Waals surface area contributed by atoms with E-state index in [1.165, 1.54) is 12.0 Å². The van der Waals surface area contributed by atoms with Crippen LogP contribution in [0.3, 0.4) is 0 Å². The van der Waals surface area contributed by atoms with Crippen molar-refractivity contribution in [3.63, 3.8) is 0 Å². The Bertz CT molecular complexity index is 417. The summed E-state index contributed by atoms with van der Waals surface area (Å²) in [6, 6.07) is 6.18. The van der Waals surface area contributed by atoms with E-state index < -0.39 is 0 Å². The van der Waals surface area contributed by atoms with E-state index in [4.69, 9.17) is 0 Å². The second-order valence-corrected chi connectivity index (χ2v) is 5.97. The van der Waals surface area contributed by atoms with Gasteiger partial charge in [-0.15, -0.1) is 0 Å². The summed E-state index contributed by atoms with van der Waals surface area (Å²) >= 11 is 5.38. The molecular formula is C12H15BrN2S. The van der Waals surface area contributed by atoms with Gasteiger partial charge >= 0.3 is 0 Å². The van der Waals surface area contributed by atoms with E-state index in [0.717, 1.165) is 21.9 Å². The van der Waals surface area contributed by atoms with E-state index in [-0.39, 0.29) is 0 Å². The van der Waals surface area contributed by atoms with E-state index in [1.54, 1.807) is 0 Å². The van der Waals surface area contributed by atoms with Crippen molar-refractivity contribution in [3.05, 3.63) is 28.2 Å². The van der Waals surface area contributed by atoms with Crippen LogP contribution >= 0.6 is 27.7 Å². The van der Waals surface area contributed by atoms with Crippen LogP contribution in [0.4, 0.5) is 5.69 Å². The molecule has 1 aliphatic heterocycles. The van der Waals surface area contributed by atoms with Crippen molar-refractivity contribution in [2.45, 2.75) is 25.5 Å². The topological polar surface area (TPSA) is 24.4 Å². The molecule has 1 aromatic rings. The van der Waals surface area contributed by atoms with Gasteiger partial charge in [-0.25, -0.2) is 0 Å². The predicted octanol–water partition coefficient (Wildman–Crippen LogP) is 4.05. The summed E-state index contributed by atoms with van der Waals surface area (Å²) in [5.41, 5.74) is 2.36. The number of thioether (sulfide) groups is 1. The second kappa shape index (κ2) is 5.23. The first-order chi connectivity index (χ1) is 7.70. The van der Waals surface area contributed by atoms with Crippen molar-refractivity contribution >= 4 is 38.5 Å². The number of hydrogen-bond acceptors (Lipinski definition) is 3. The molecule has 86 valence electrons. The normalized spacial score (nSPS) is 19.7. The molecule has 0 amide bonds. The van der Waals surface area contributed by atoms with Crippen LogP contribution < -0.4 is 5.32 Å². The zero-order chi connectivity index (χ0) is 11.5. The highest BCUT2D eigenvalue weighted by Crippen LogP contribution is 2.28.